The number of benzene rings is 1. The van der Waals surface area contributed by atoms with Gasteiger partial charge in [0.15, 0.2) is 5.16 Å². The highest BCUT2D eigenvalue weighted by molar-refractivity contribution is 7.99. The first-order valence-corrected chi connectivity index (χ1v) is 6.64. The normalized spacial score (nSPS) is 10.2. The second-order valence-electron chi connectivity index (χ2n) is 3.93. The Morgan fingerprint density at radius 2 is 2.25 bits per heavy atom. The van der Waals surface area contributed by atoms with Gasteiger partial charge in [0.1, 0.15) is 11.9 Å². The zero-order valence-electron chi connectivity index (χ0n) is 10.9. The molecule has 102 valence electrons. The summed E-state index contributed by atoms with van der Waals surface area (Å²) in [4.78, 5) is 10.8. The second kappa shape index (κ2) is 5.71. The maximum absolute atomic E-state index is 10.7. The number of non-ortho nitro benzene ring substituents is 1. The first-order chi connectivity index (χ1) is 9.56. The molecule has 0 radical (unpaired) electrons. The third-order valence-corrected chi connectivity index (χ3v) is 3.77. The van der Waals surface area contributed by atoms with Crippen molar-refractivity contribution in [2.24, 2.45) is 0 Å². The third-order valence-electron chi connectivity index (χ3n) is 2.71. The molecule has 0 spiro atoms. The fraction of sp³-hybridized carbons (Fsp3) is 0.250. The van der Waals surface area contributed by atoms with E-state index in [4.69, 9.17) is 5.26 Å². The van der Waals surface area contributed by atoms with Gasteiger partial charge >= 0.3 is 0 Å². The molecular formula is C12H11N5O2S. The molecule has 0 amide bonds. The van der Waals surface area contributed by atoms with E-state index < -0.39 is 4.92 Å². The van der Waals surface area contributed by atoms with Gasteiger partial charge in [-0.15, -0.1) is 10.2 Å². The summed E-state index contributed by atoms with van der Waals surface area (Å²) < 4.78 is 1.91. The van der Waals surface area contributed by atoms with Crippen molar-refractivity contribution in [1.29, 1.82) is 5.26 Å². The second-order valence-corrected chi connectivity index (χ2v) is 4.93. The van der Waals surface area contributed by atoms with Crippen molar-refractivity contribution < 1.29 is 4.92 Å². The Labute approximate surface area is 119 Å². The third kappa shape index (κ3) is 2.62. The van der Waals surface area contributed by atoms with Gasteiger partial charge in [-0.2, -0.15) is 5.26 Å². The number of nitro benzene ring substituents is 1. The van der Waals surface area contributed by atoms with E-state index in [2.05, 4.69) is 10.2 Å². The summed E-state index contributed by atoms with van der Waals surface area (Å²) >= 11 is 1.28. The average Bonchev–Trinajstić information content (AvgIpc) is 2.79. The van der Waals surface area contributed by atoms with Crippen molar-refractivity contribution in [2.45, 2.75) is 30.4 Å². The molecule has 1 heterocycles. The number of nitro groups is 1. The number of aryl methyl sites for hydroxylation is 1. The van der Waals surface area contributed by atoms with Gasteiger partial charge in [-0.3, -0.25) is 10.1 Å². The van der Waals surface area contributed by atoms with E-state index >= 15 is 0 Å². The van der Waals surface area contributed by atoms with E-state index in [-0.39, 0.29) is 11.3 Å². The van der Waals surface area contributed by atoms with Crippen LogP contribution in [0.15, 0.2) is 28.3 Å². The van der Waals surface area contributed by atoms with Crippen LogP contribution in [0.5, 0.6) is 0 Å². The largest absolute Gasteiger partial charge is 0.306 e. The lowest BCUT2D eigenvalue weighted by atomic mass is 10.2. The van der Waals surface area contributed by atoms with E-state index in [9.17, 15) is 10.1 Å². The average molecular weight is 289 g/mol. The number of rotatable bonds is 4. The van der Waals surface area contributed by atoms with Gasteiger partial charge in [-0.05, 0) is 31.7 Å². The van der Waals surface area contributed by atoms with Crippen LogP contribution >= 0.6 is 11.8 Å². The lowest BCUT2D eigenvalue weighted by Crippen LogP contribution is -1.99. The topological polar surface area (TPSA) is 97.6 Å². The maximum Gasteiger partial charge on any atom is 0.270 e. The van der Waals surface area contributed by atoms with Gasteiger partial charge in [0, 0.05) is 23.6 Å². The molecule has 20 heavy (non-hydrogen) atoms. The Morgan fingerprint density at radius 1 is 1.50 bits per heavy atom. The monoisotopic (exact) mass is 289 g/mol. The van der Waals surface area contributed by atoms with Crippen LogP contribution in [0.2, 0.25) is 0 Å². The molecule has 0 aliphatic rings. The Hall–Kier alpha value is -2.40. The molecule has 0 unspecified atom stereocenters. The van der Waals surface area contributed by atoms with Gasteiger partial charge in [0.2, 0.25) is 0 Å². The summed E-state index contributed by atoms with van der Waals surface area (Å²) in [7, 11) is 0. The lowest BCUT2D eigenvalue weighted by Gasteiger charge is -2.05. The summed E-state index contributed by atoms with van der Waals surface area (Å²) in [6.07, 6.45) is 0. The molecule has 0 aliphatic heterocycles. The van der Waals surface area contributed by atoms with E-state index in [0.717, 1.165) is 12.4 Å². The molecule has 0 atom stereocenters. The number of hydrogen-bond donors (Lipinski definition) is 0. The van der Waals surface area contributed by atoms with Crippen LogP contribution < -0.4 is 0 Å². The van der Waals surface area contributed by atoms with Crippen LogP contribution in [0.3, 0.4) is 0 Å². The highest BCUT2D eigenvalue weighted by atomic mass is 32.2. The first-order valence-electron chi connectivity index (χ1n) is 5.83. The van der Waals surface area contributed by atoms with Gasteiger partial charge in [0.05, 0.1) is 10.5 Å². The van der Waals surface area contributed by atoms with Crippen LogP contribution in [0.4, 0.5) is 5.69 Å². The molecule has 1 aromatic carbocycles. The molecule has 0 saturated carbocycles. The molecule has 0 saturated heterocycles. The molecular weight excluding hydrogens is 278 g/mol. The molecule has 2 aromatic rings. The Balaban J connectivity index is 2.39. The number of hydrogen-bond acceptors (Lipinski definition) is 6. The molecule has 0 aliphatic carbocycles. The fourth-order valence-corrected chi connectivity index (χ4v) is 2.71. The molecule has 2 rings (SSSR count). The molecule has 1 aromatic heterocycles. The Kier molecular flexibility index (Phi) is 4.00. The van der Waals surface area contributed by atoms with Crippen LogP contribution in [-0.4, -0.2) is 19.7 Å². The first kappa shape index (κ1) is 14.0. The SMILES string of the molecule is CCn1c(C)nnc1Sc1ccc([N+](=O)[O-])cc1C#N. The zero-order chi connectivity index (χ0) is 14.7. The van der Waals surface area contributed by atoms with E-state index in [1.165, 1.54) is 23.9 Å². The summed E-state index contributed by atoms with van der Waals surface area (Å²) in [6.45, 7) is 4.54. The zero-order valence-corrected chi connectivity index (χ0v) is 11.7. The summed E-state index contributed by atoms with van der Waals surface area (Å²) in [6, 6.07) is 6.18. The van der Waals surface area contributed by atoms with Crippen LogP contribution in [-0.2, 0) is 6.54 Å². The predicted octanol–water partition coefficient (Wildman–Crippen LogP) is 2.54. The molecule has 0 bridgehead atoms. The smallest absolute Gasteiger partial charge is 0.270 e. The number of nitriles is 1. The maximum atomic E-state index is 10.7. The number of aromatic nitrogens is 3. The highest BCUT2D eigenvalue weighted by Gasteiger charge is 2.15. The van der Waals surface area contributed by atoms with E-state index in [1.54, 1.807) is 6.07 Å². The highest BCUT2D eigenvalue weighted by Crippen LogP contribution is 2.31. The van der Waals surface area contributed by atoms with E-state index in [0.29, 0.717) is 10.1 Å². The minimum atomic E-state index is -0.520. The molecule has 0 fully saturated rings. The molecule has 7 nitrogen and oxygen atoms in total. The Morgan fingerprint density at radius 3 is 2.85 bits per heavy atom. The van der Waals surface area contributed by atoms with Crippen LogP contribution in [0, 0.1) is 28.4 Å². The van der Waals surface area contributed by atoms with Gasteiger partial charge in [-0.1, -0.05) is 0 Å². The van der Waals surface area contributed by atoms with Crippen LogP contribution in [0.25, 0.3) is 0 Å². The minimum Gasteiger partial charge on any atom is -0.306 e. The minimum absolute atomic E-state index is 0.0981. The van der Waals surface area contributed by atoms with E-state index in [1.807, 2.05) is 24.5 Å². The van der Waals surface area contributed by atoms with Crippen molar-refractivity contribution in [2.75, 3.05) is 0 Å². The van der Waals surface area contributed by atoms with Crippen molar-refractivity contribution in [3.8, 4) is 6.07 Å². The standard InChI is InChI=1S/C12H11N5O2S/c1-3-16-8(2)14-15-12(16)20-11-5-4-10(17(18)19)6-9(11)7-13/h4-6H,3H2,1-2H3. The van der Waals surface area contributed by atoms with Gasteiger partial charge in [-0.25, -0.2) is 0 Å². The van der Waals surface area contributed by atoms with Gasteiger partial charge in [0.25, 0.3) is 5.69 Å². The molecule has 0 N–H and O–H groups in total. The van der Waals surface area contributed by atoms with Crippen molar-refractivity contribution in [3.05, 3.63) is 39.7 Å². The van der Waals surface area contributed by atoms with Crippen molar-refractivity contribution in [1.82, 2.24) is 14.8 Å². The predicted molar refractivity (Wildman–Crippen MR) is 72.4 cm³/mol. The quantitative estimate of drug-likeness (QED) is 0.633. The summed E-state index contributed by atoms with van der Waals surface area (Å²) in [5.74, 6) is 0.787. The van der Waals surface area contributed by atoms with Gasteiger partial charge < -0.3 is 4.57 Å². The van der Waals surface area contributed by atoms with Crippen LogP contribution in [0.1, 0.15) is 18.3 Å². The fourth-order valence-electron chi connectivity index (χ4n) is 1.71. The lowest BCUT2D eigenvalue weighted by molar-refractivity contribution is -0.384. The Bertz CT molecular complexity index is 704. The summed E-state index contributed by atoms with van der Waals surface area (Å²) in [5.41, 5.74) is 0.159. The molecule has 8 heteroatoms. The summed E-state index contributed by atoms with van der Waals surface area (Å²) in [5, 5.41) is 28.5. The van der Waals surface area contributed by atoms with Crippen molar-refractivity contribution in [3.63, 3.8) is 0 Å². The number of nitrogens with zero attached hydrogens (tertiary/aromatic N) is 5. The van der Waals surface area contributed by atoms with Crippen molar-refractivity contribution >= 4 is 17.4 Å².